The molecule has 1 aliphatic heterocycles. The highest BCUT2D eigenvalue weighted by Gasteiger charge is 2.21. The van der Waals surface area contributed by atoms with Crippen molar-refractivity contribution in [2.45, 2.75) is 18.9 Å². The number of carbonyl (C=O) groups excluding carboxylic acids is 1. The molecule has 0 aliphatic carbocycles. The predicted molar refractivity (Wildman–Crippen MR) is 72.8 cm³/mol. The van der Waals surface area contributed by atoms with Crippen molar-refractivity contribution in [2.24, 2.45) is 0 Å². The third kappa shape index (κ3) is 3.93. The molecule has 1 fully saturated rings. The van der Waals surface area contributed by atoms with Crippen molar-refractivity contribution in [1.29, 1.82) is 0 Å². The summed E-state index contributed by atoms with van der Waals surface area (Å²) < 4.78 is 0. The fourth-order valence-corrected chi connectivity index (χ4v) is 1.98. The third-order valence-electron chi connectivity index (χ3n) is 2.97. The number of rotatable bonds is 4. The molecule has 0 spiro atoms. The van der Waals surface area contributed by atoms with Crippen molar-refractivity contribution in [2.75, 3.05) is 11.9 Å². The quantitative estimate of drug-likeness (QED) is 0.716. The molecule has 100 valence electrons. The molecule has 1 atom stereocenters. The van der Waals surface area contributed by atoms with Gasteiger partial charge < -0.3 is 15.7 Å². The molecule has 5 heteroatoms. The van der Waals surface area contributed by atoms with E-state index in [0.717, 1.165) is 31.0 Å². The van der Waals surface area contributed by atoms with Crippen molar-refractivity contribution < 1.29 is 14.7 Å². The summed E-state index contributed by atoms with van der Waals surface area (Å²) in [6.45, 7) is 0.886. The van der Waals surface area contributed by atoms with Gasteiger partial charge in [0.1, 0.15) is 0 Å². The largest absolute Gasteiger partial charge is 0.478 e. The summed E-state index contributed by atoms with van der Waals surface area (Å²) in [5, 5.41) is 14.5. The molecule has 1 heterocycles. The smallest absolute Gasteiger partial charge is 0.328 e. The molecule has 1 amide bonds. The van der Waals surface area contributed by atoms with Crippen LogP contribution in [0.25, 0.3) is 6.08 Å². The van der Waals surface area contributed by atoms with Gasteiger partial charge in [-0.25, -0.2) is 4.79 Å². The average molecular weight is 260 g/mol. The zero-order valence-corrected chi connectivity index (χ0v) is 10.4. The van der Waals surface area contributed by atoms with Crippen LogP contribution in [0.2, 0.25) is 0 Å². The monoisotopic (exact) mass is 260 g/mol. The summed E-state index contributed by atoms with van der Waals surface area (Å²) >= 11 is 0. The lowest BCUT2D eigenvalue weighted by molar-refractivity contribution is -0.131. The van der Waals surface area contributed by atoms with Crippen LogP contribution in [0, 0.1) is 0 Å². The van der Waals surface area contributed by atoms with Crippen LogP contribution in [-0.4, -0.2) is 29.6 Å². The van der Waals surface area contributed by atoms with Gasteiger partial charge in [0.15, 0.2) is 0 Å². The van der Waals surface area contributed by atoms with E-state index in [-0.39, 0.29) is 11.9 Å². The van der Waals surface area contributed by atoms with E-state index >= 15 is 0 Å². The molecule has 0 unspecified atom stereocenters. The van der Waals surface area contributed by atoms with Crippen molar-refractivity contribution in [1.82, 2.24) is 5.32 Å². The van der Waals surface area contributed by atoms with Gasteiger partial charge in [0.2, 0.25) is 5.91 Å². The van der Waals surface area contributed by atoms with Crippen LogP contribution >= 0.6 is 0 Å². The van der Waals surface area contributed by atoms with Gasteiger partial charge in [0, 0.05) is 11.8 Å². The van der Waals surface area contributed by atoms with Gasteiger partial charge in [-0.05, 0) is 43.2 Å². The Kier molecular flexibility index (Phi) is 4.30. The van der Waals surface area contributed by atoms with Crippen molar-refractivity contribution >= 4 is 23.6 Å². The zero-order valence-electron chi connectivity index (χ0n) is 10.4. The van der Waals surface area contributed by atoms with E-state index in [2.05, 4.69) is 10.6 Å². The first kappa shape index (κ1) is 13.3. The number of aliphatic carboxylic acids is 1. The highest BCUT2D eigenvalue weighted by atomic mass is 16.4. The zero-order chi connectivity index (χ0) is 13.7. The molecule has 0 bridgehead atoms. The molecule has 2 rings (SSSR count). The first-order chi connectivity index (χ1) is 9.15. The number of nitrogens with one attached hydrogen (secondary N) is 2. The maximum atomic E-state index is 11.8. The summed E-state index contributed by atoms with van der Waals surface area (Å²) in [5.74, 6) is -1.00. The minimum atomic E-state index is -0.982. The summed E-state index contributed by atoms with van der Waals surface area (Å²) in [6, 6.07) is 6.93. The first-order valence-electron chi connectivity index (χ1n) is 6.20. The van der Waals surface area contributed by atoms with E-state index in [4.69, 9.17) is 5.11 Å². The highest BCUT2D eigenvalue weighted by molar-refractivity contribution is 5.95. The summed E-state index contributed by atoms with van der Waals surface area (Å²) in [7, 11) is 0. The Labute approximate surface area is 111 Å². The SMILES string of the molecule is O=C(O)/C=C/c1ccc(NC(=O)[C@H]2CCCN2)cc1. The van der Waals surface area contributed by atoms with Gasteiger partial charge in [0.25, 0.3) is 0 Å². The van der Waals surface area contributed by atoms with Crippen LogP contribution in [-0.2, 0) is 9.59 Å². The van der Waals surface area contributed by atoms with Gasteiger partial charge >= 0.3 is 5.97 Å². The average Bonchev–Trinajstić information content (AvgIpc) is 2.92. The Bertz CT molecular complexity index is 488. The molecular weight excluding hydrogens is 244 g/mol. The summed E-state index contributed by atoms with van der Waals surface area (Å²) in [4.78, 5) is 22.2. The van der Waals surface area contributed by atoms with E-state index in [1.54, 1.807) is 24.3 Å². The van der Waals surface area contributed by atoms with Gasteiger partial charge in [-0.15, -0.1) is 0 Å². The normalized spacial score (nSPS) is 18.6. The molecule has 0 aromatic heterocycles. The van der Waals surface area contributed by atoms with E-state index in [1.807, 2.05) is 0 Å². The highest BCUT2D eigenvalue weighted by Crippen LogP contribution is 2.13. The Hall–Kier alpha value is -2.14. The Morgan fingerprint density at radius 1 is 1.32 bits per heavy atom. The van der Waals surface area contributed by atoms with Crippen molar-refractivity contribution in [3.8, 4) is 0 Å². The number of carboxylic acids is 1. The lowest BCUT2D eigenvalue weighted by Gasteiger charge is -2.11. The van der Waals surface area contributed by atoms with Crippen LogP contribution in [0.4, 0.5) is 5.69 Å². The van der Waals surface area contributed by atoms with Gasteiger partial charge in [-0.1, -0.05) is 12.1 Å². The Morgan fingerprint density at radius 3 is 2.63 bits per heavy atom. The lowest BCUT2D eigenvalue weighted by Crippen LogP contribution is -2.35. The molecule has 0 saturated carbocycles. The molecule has 1 aromatic carbocycles. The van der Waals surface area contributed by atoms with Crippen molar-refractivity contribution in [3.05, 3.63) is 35.9 Å². The second-order valence-electron chi connectivity index (χ2n) is 4.43. The standard InChI is InChI=1S/C14H16N2O3/c17-13(18)8-5-10-3-6-11(7-4-10)16-14(19)12-2-1-9-15-12/h3-8,12,15H,1-2,9H2,(H,16,19)(H,17,18)/b8-5+/t12-/m1/s1. The maximum absolute atomic E-state index is 11.8. The Balaban J connectivity index is 1.94. The molecule has 19 heavy (non-hydrogen) atoms. The number of anilines is 1. The molecule has 0 radical (unpaired) electrons. The minimum absolute atomic E-state index is 0.0219. The van der Waals surface area contributed by atoms with Crippen LogP contribution < -0.4 is 10.6 Å². The number of hydrogen-bond donors (Lipinski definition) is 3. The lowest BCUT2D eigenvalue weighted by atomic mass is 10.1. The molecule has 1 saturated heterocycles. The fourth-order valence-electron chi connectivity index (χ4n) is 1.98. The van der Waals surface area contributed by atoms with Crippen LogP contribution in [0.3, 0.4) is 0 Å². The van der Waals surface area contributed by atoms with E-state index in [9.17, 15) is 9.59 Å². The predicted octanol–water partition coefficient (Wildman–Crippen LogP) is 1.47. The summed E-state index contributed by atoms with van der Waals surface area (Å²) in [6.07, 6.45) is 4.48. The van der Waals surface area contributed by atoms with Gasteiger partial charge in [-0.3, -0.25) is 4.79 Å². The van der Waals surface area contributed by atoms with Crippen molar-refractivity contribution in [3.63, 3.8) is 0 Å². The topological polar surface area (TPSA) is 78.4 Å². The van der Waals surface area contributed by atoms with E-state index in [1.165, 1.54) is 6.08 Å². The molecule has 3 N–H and O–H groups in total. The summed E-state index contributed by atoms with van der Waals surface area (Å²) in [5.41, 5.74) is 1.49. The second-order valence-corrected chi connectivity index (χ2v) is 4.43. The van der Waals surface area contributed by atoms with Crippen LogP contribution in [0.5, 0.6) is 0 Å². The van der Waals surface area contributed by atoms with E-state index < -0.39 is 5.97 Å². The molecule has 1 aliphatic rings. The second kappa shape index (κ2) is 6.15. The van der Waals surface area contributed by atoms with Gasteiger partial charge in [-0.2, -0.15) is 0 Å². The molecular formula is C14H16N2O3. The van der Waals surface area contributed by atoms with Crippen LogP contribution in [0.15, 0.2) is 30.3 Å². The van der Waals surface area contributed by atoms with Crippen LogP contribution in [0.1, 0.15) is 18.4 Å². The van der Waals surface area contributed by atoms with Gasteiger partial charge in [0.05, 0.1) is 6.04 Å². The number of benzene rings is 1. The molecule has 1 aromatic rings. The third-order valence-corrected chi connectivity index (χ3v) is 2.97. The minimum Gasteiger partial charge on any atom is -0.478 e. The number of amides is 1. The number of carboxylic acid groups (broad SMARTS) is 1. The maximum Gasteiger partial charge on any atom is 0.328 e. The molecule has 5 nitrogen and oxygen atoms in total. The fraction of sp³-hybridized carbons (Fsp3) is 0.286. The van der Waals surface area contributed by atoms with E-state index in [0.29, 0.717) is 5.69 Å². The number of carbonyl (C=O) groups is 2. The Morgan fingerprint density at radius 2 is 2.05 bits per heavy atom. The number of hydrogen-bond acceptors (Lipinski definition) is 3. The first-order valence-corrected chi connectivity index (χ1v) is 6.20.